The van der Waals surface area contributed by atoms with Crippen molar-refractivity contribution in [2.75, 3.05) is 19.5 Å². The first kappa shape index (κ1) is 18.7. The van der Waals surface area contributed by atoms with Gasteiger partial charge in [-0.05, 0) is 0 Å². The molecular weight excluding hydrogens is 345 g/mol. The highest BCUT2D eigenvalue weighted by molar-refractivity contribution is 7.30. The Hall–Kier alpha value is -1.66. The van der Waals surface area contributed by atoms with Gasteiger partial charge in [0.15, 0.2) is 17.7 Å². The molecule has 1 saturated heterocycles. The number of hydrogen-bond donors (Lipinski definition) is 5. The van der Waals surface area contributed by atoms with Crippen molar-refractivity contribution in [1.82, 2.24) is 19.5 Å². The molecule has 1 aliphatic heterocycles. The van der Waals surface area contributed by atoms with Gasteiger partial charge in [-0.2, -0.15) is 0 Å². The van der Waals surface area contributed by atoms with E-state index in [2.05, 4.69) is 15.0 Å². The molecule has 1 fully saturated rings. The van der Waals surface area contributed by atoms with Crippen LogP contribution >= 0.6 is 8.25 Å². The number of aliphatic hydroxyl groups is 2. The fraction of sp³-hybridized carbons (Fsp3) is 0.545. The monoisotopic (exact) mass is 363 g/mol. The highest BCUT2D eigenvalue weighted by atomic mass is 31.1. The zero-order valence-corrected chi connectivity index (χ0v) is 13.6. The Balaban J connectivity index is 0.000000471. The van der Waals surface area contributed by atoms with E-state index in [1.165, 1.54) is 19.8 Å². The quantitative estimate of drug-likeness (QED) is 0.381. The van der Waals surface area contributed by atoms with Crippen molar-refractivity contribution in [1.29, 1.82) is 0 Å². The molecule has 3 rings (SSSR count). The number of ether oxygens (including phenoxy) is 2. The van der Waals surface area contributed by atoms with E-state index >= 15 is 0 Å². The van der Waals surface area contributed by atoms with Crippen LogP contribution in [0.1, 0.15) is 6.23 Å². The van der Waals surface area contributed by atoms with Crippen LogP contribution in [-0.2, 0) is 14.0 Å². The number of rotatable bonds is 3. The average molecular weight is 363 g/mol. The maximum Gasteiger partial charge on any atom is 0.314 e. The number of nitrogens with zero attached hydrogens (tertiary/aromatic N) is 4. The Morgan fingerprint density at radius 2 is 2.08 bits per heavy atom. The Kier molecular flexibility index (Phi) is 6.18. The van der Waals surface area contributed by atoms with Gasteiger partial charge in [0.05, 0.1) is 12.9 Å². The fourth-order valence-electron chi connectivity index (χ4n) is 2.40. The summed E-state index contributed by atoms with van der Waals surface area (Å²) in [6.45, 7) is -0.304. The van der Waals surface area contributed by atoms with Gasteiger partial charge >= 0.3 is 8.25 Å². The molecule has 0 aromatic carbocycles. The van der Waals surface area contributed by atoms with Crippen LogP contribution in [0.4, 0.5) is 5.82 Å². The molecular formula is C11H18N5O7P. The molecule has 0 unspecified atom stereocenters. The summed E-state index contributed by atoms with van der Waals surface area (Å²) in [5, 5.41) is 19.3. The first-order chi connectivity index (χ1) is 11.4. The summed E-state index contributed by atoms with van der Waals surface area (Å²) in [7, 11) is -1.66. The number of anilines is 1. The van der Waals surface area contributed by atoms with E-state index in [-0.39, 0.29) is 12.4 Å². The Bertz CT molecular complexity index is 709. The van der Waals surface area contributed by atoms with Gasteiger partial charge in [0.25, 0.3) is 0 Å². The van der Waals surface area contributed by atoms with Gasteiger partial charge in [0, 0.05) is 7.11 Å². The van der Waals surface area contributed by atoms with Crippen molar-refractivity contribution in [2.24, 2.45) is 0 Å². The molecule has 0 aliphatic carbocycles. The molecule has 0 radical (unpaired) electrons. The standard InChI is InChI=1S/C11H15N5O4.H3O3P/c1-19-8-7(18)5(2-17)20-11(8)16-4-15-6-9(12)13-3-14-10(6)16;1-4(2)3/h3-5,7-8,11,17-18H,2H2,1H3,(H2,12,13,14);4H,(H2,1,2,3)/t5-,7-,8-,11-;/m1./s1. The molecule has 4 atom stereocenters. The number of methoxy groups -OCH3 is 1. The van der Waals surface area contributed by atoms with Gasteiger partial charge in [0.2, 0.25) is 0 Å². The number of nitrogen functional groups attached to an aromatic ring is 1. The van der Waals surface area contributed by atoms with Gasteiger partial charge in [0.1, 0.15) is 30.2 Å². The van der Waals surface area contributed by atoms with E-state index in [4.69, 9.17) is 29.6 Å². The molecule has 6 N–H and O–H groups in total. The van der Waals surface area contributed by atoms with E-state index < -0.39 is 32.8 Å². The van der Waals surface area contributed by atoms with Crippen molar-refractivity contribution in [3.8, 4) is 0 Å². The van der Waals surface area contributed by atoms with Crippen LogP contribution in [0.2, 0.25) is 0 Å². The second-order valence-corrected chi connectivity index (χ2v) is 5.37. The lowest BCUT2D eigenvalue weighted by atomic mass is 10.1. The van der Waals surface area contributed by atoms with Crippen LogP contribution in [0, 0.1) is 0 Å². The SMILES string of the molecule is CO[C@@H]1[C@H](O)[C@@H](CO)O[C@H]1n1cnc2c(N)ncnc21.O=[PH](O)O. The number of hydrogen-bond acceptors (Lipinski definition) is 9. The summed E-state index contributed by atoms with van der Waals surface area (Å²) in [6, 6.07) is 0. The van der Waals surface area contributed by atoms with Gasteiger partial charge in [-0.25, -0.2) is 15.0 Å². The van der Waals surface area contributed by atoms with Crippen molar-refractivity contribution in [3.05, 3.63) is 12.7 Å². The molecule has 0 amide bonds. The van der Waals surface area contributed by atoms with E-state index in [9.17, 15) is 10.2 Å². The minimum atomic E-state index is -3.13. The highest BCUT2D eigenvalue weighted by Crippen LogP contribution is 2.33. The van der Waals surface area contributed by atoms with Gasteiger partial charge in [-0.15, -0.1) is 0 Å². The number of aromatic nitrogens is 4. The van der Waals surface area contributed by atoms with Crippen LogP contribution in [-0.4, -0.2) is 71.5 Å². The average Bonchev–Trinajstić information content (AvgIpc) is 3.08. The minimum Gasteiger partial charge on any atom is -0.394 e. The summed E-state index contributed by atoms with van der Waals surface area (Å²) in [6.07, 6.45) is -0.119. The molecule has 134 valence electrons. The molecule has 13 heteroatoms. The van der Waals surface area contributed by atoms with Crippen LogP contribution in [0.25, 0.3) is 11.2 Å². The Labute approximate surface area is 136 Å². The van der Waals surface area contributed by atoms with E-state index in [1.54, 1.807) is 4.57 Å². The molecule has 12 nitrogen and oxygen atoms in total. The second kappa shape index (κ2) is 7.94. The van der Waals surface area contributed by atoms with Crippen molar-refractivity contribution >= 4 is 25.2 Å². The molecule has 3 heterocycles. The predicted octanol–water partition coefficient (Wildman–Crippen LogP) is -1.97. The lowest BCUT2D eigenvalue weighted by molar-refractivity contribution is -0.0583. The third kappa shape index (κ3) is 3.70. The topological polar surface area (TPSA) is 186 Å². The summed E-state index contributed by atoms with van der Waals surface area (Å²) in [5.74, 6) is 0.264. The maximum atomic E-state index is 10.0. The predicted molar refractivity (Wildman–Crippen MR) is 81.0 cm³/mol. The summed E-state index contributed by atoms with van der Waals surface area (Å²) in [5.41, 5.74) is 6.66. The molecule has 0 saturated carbocycles. The van der Waals surface area contributed by atoms with Crippen LogP contribution < -0.4 is 5.73 Å². The molecule has 2 aromatic heterocycles. The van der Waals surface area contributed by atoms with E-state index in [1.807, 2.05) is 0 Å². The highest BCUT2D eigenvalue weighted by Gasteiger charge is 2.45. The number of nitrogens with two attached hydrogens (primary N) is 1. The largest absolute Gasteiger partial charge is 0.394 e. The molecule has 0 bridgehead atoms. The Morgan fingerprint density at radius 3 is 2.67 bits per heavy atom. The number of aliphatic hydroxyl groups excluding tert-OH is 2. The van der Waals surface area contributed by atoms with Gasteiger partial charge in [-0.3, -0.25) is 9.13 Å². The first-order valence-electron chi connectivity index (χ1n) is 6.72. The molecule has 2 aromatic rings. The van der Waals surface area contributed by atoms with E-state index in [0.717, 1.165) is 0 Å². The summed E-state index contributed by atoms with van der Waals surface area (Å²) in [4.78, 5) is 26.4. The maximum absolute atomic E-state index is 10.0. The normalized spacial score (nSPS) is 26.6. The minimum absolute atomic E-state index is 0.264. The van der Waals surface area contributed by atoms with E-state index in [0.29, 0.717) is 11.2 Å². The first-order valence-corrected chi connectivity index (χ1v) is 8.03. The van der Waals surface area contributed by atoms with Crippen LogP contribution in [0.3, 0.4) is 0 Å². The number of imidazole rings is 1. The third-order valence-electron chi connectivity index (χ3n) is 3.43. The Morgan fingerprint density at radius 1 is 1.42 bits per heavy atom. The molecule has 24 heavy (non-hydrogen) atoms. The van der Waals surface area contributed by atoms with Gasteiger partial charge < -0.3 is 35.2 Å². The van der Waals surface area contributed by atoms with Crippen molar-refractivity contribution in [3.63, 3.8) is 0 Å². The lowest BCUT2D eigenvalue weighted by Crippen LogP contribution is -2.34. The molecule has 1 aliphatic rings. The zero-order valence-electron chi connectivity index (χ0n) is 12.6. The van der Waals surface area contributed by atoms with Crippen LogP contribution in [0.15, 0.2) is 12.7 Å². The number of fused-ring (bicyclic) bond motifs is 1. The third-order valence-corrected chi connectivity index (χ3v) is 3.43. The van der Waals surface area contributed by atoms with Gasteiger partial charge in [-0.1, -0.05) is 0 Å². The van der Waals surface area contributed by atoms with Crippen molar-refractivity contribution in [2.45, 2.75) is 24.5 Å². The zero-order chi connectivity index (χ0) is 17.9. The van der Waals surface area contributed by atoms with Crippen LogP contribution in [0.5, 0.6) is 0 Å². The lowest BCUT2D eigenvalue weighted by Gasteiger charge is -2.19. The fourth-order valence-corrected chi connectivity index (χ4v) is 2.40. The smallest absolute Gasteiger partial charge is 0.314 e. The molecule has 0 spiro atoms. The van der Waals surface area contributed by atoms with Crippen molar-refractivity contribution < 1.29 is 34.0 Å². The summed E-state index contributed by atoms with van der Waals surface area (Å²) < 4.78 is 21.2. The summed E-state index contributed by atoms with van der Waals surface area (Å²) >= 11 is 0. The second-order valence-electron chi connectivity index (χ2n) is 4.80.